The van der Waals surface area contributed by atoms with Crippen molar-refractivity contribution in [1.82, 2.24) is 10.6 Å². The van der Waals surface area contributed by atoms with E-state index in [1.165, 1.54) is 12.1 Å². The normalized spacial score (nSPS) is 23.5. The third-order valence-corrected chi connectivity index (χ3v) is 8.42. The van der Waals surface area contributed by atoms with Crippen LogP contribution in [-0.2, 0) is 28.1 Å². The number of aliphatic hydroxyl groups is 1. The van der Waals surface area contributed by atoms with E-state index < -0.39 is 46.5 Å². The Labute approximate surface area is 211 Å². The van der Waals surface area contributed by atoms with Gasteiger partial charge < -0.3 is 20.5 Å². The summed E-state index contributed by atoms with van der Waals surface area (Å²) < 4.78 is 54.0. The maximum atomic E-state index is 13.8. The van der Waals surface area contributed by atoms with Crippen LogP contribution >= 0.6 is 10.6 Å². The van der Waals surface area contributed by atoms with Gasteiger partial charge in [-0.05, 0) is 60.1 Å². The maximum absolute atomic E-state index is 13.8. The Kier molecular flexibility index (Phi) is 8.64. The number of amides is 1. The molecule has 0 bridgehead atoms. The fourth-order valence-electron chi connectivity index (χ4n) is 4.89. The van der Waals surface area contributed by atoms with Gasteiger partial charge >= 0.3 is 0 Å². The first-order valence-electron chi connectivity index (χ1n) is 12.3. The number of ether oxygens (including phenoxy) is 1. The minimum absolute atomic E-state index is 0.00636. The summed E-state index contributed by atoms with van der Waals surface area (Å²) in [5.41, 5.74) is 3.23. The highest BCUT2D eigenvalue weighted by molar-refractivity contribution is 8.23. The third-order valence-electron chi connectivity index (χ3n) is 6.78. The van der Waals surface area contributed by atoms with Crippen molar-refractivity contribution in [2.45, 2.75) is 62.7 Å². The van der Waals surface area contributed by atoms with Gasteiger partial charge in [-0.1, -0.05) is 25.1 Å². The molecule has 198 valence electrons. The van der Waals surface area contributed by atoms with Crippen LogP contribution in [0.3, 0.4) is 0 Å². The van der Waals surface area contributed by atoms with E-state index in [0.29, 0.717) is 18.6 Å². The summed E-state index contributed by atoms with van der Waals surface area (Å²) in [6.07, 6.45) is 0.422. The van der Waals surface area contributed by atoms with E-state index in [2.05, 4.69) is 10.6 Å². The number of nitrogens with one attached hydrogen (secondary N) is 2. The molecule has 0 aliphatic carbocycles. The van der Waals surface area contributed by atoms with Crippen LogP contribution in [0, 0.1) is 11.6 Å². The molecule has 1 fully saturated rings. The summed E-state index contributed by atoms with van der Waals surface area (Å²) >= 11 is 0. The number of carbonyl (C=O) groups excluding carboxylic acids is 1. The van der Waals surface area contributed by atoms with Crippen LogP contribution in [-0.4, -0.2) is 57.3 Å². The van der Waals surface area contributed by atoms with Gasteiger partial charge in [0.25, 0.3) is 0 Å². The smallest absolute Gasteiger partial charge is 0.249 e. The fraction of sp³-hybridized carbons (Fsp3) is 0.500. The Hall–Kier alpha value is -2.08. The minimum atomic E-state index is -2.83. The lowest BCUT2D eigenvalue weighted by atomic mass is 9.97. The molecule has 2 aliphatic rings. The molecule has 1 unspecified atom stereocenters. The average Bonchev–Trinajstić information content (AvgIpc) is 3.35. The first-order valence-corrected chi connectivity index (χ1v) is 14.2. The first-order chi connectivity index (χ1) is 17.1. The van der Waals surface area contributed by atoms with Crippen molar-refractivity contribution in [3.63, 3.8) is 0 Å². The maximum Gasteiger partial charge on any atom is 0.249 e. The molecule has 7 nitrogen and oxygen atoms in total. The number of aliphatic hydroxyl groups excluding tert-OH is 1. The zero-order chi connectivity index (χ0) is 25.9. The van der Waals surface area contributed by atoms with Crippen LogP contribution in [0.15, 0.2) is 36.4 Å². The molecule has 0 spiro atoms. The SMILES string of the molecule is CCc1ccc2c(c1)[C@@H](NC[C@@H](O)[C@H](Cc1cc(F)cc(F)c1)NC(=O)C1CCCO1)CS(O)(O)C2. The predicted molar refractivity (Wildman–Crippen MR) is 135 cm³/mol. The highest BCUT2D eigenvalue weighted by Gasteiger charge is 2.32. The van der Waals surface area contributed by atoms with Crippen LogP contribution in [0.4, 0.5) is 8.78 Å². The zero-order valence-electron chi connectivity index (χ0n) is 20.3. The van der Waals surface area contributed by atoms with Gasteiger partial charge in [-0.25, -0.2) is 8.78 Å². The molecule has 0 radical (unpaired) electrons. The standard InChI is InChI=1S/C26H34F2N2O5S/c1-2-16-5-6-18-14-36(33,34)15-23(21(18)10-16)29-13-24(31)22(30-26(32)25-4-3-7-35-25)11-17-8-19(27)12-20(28)9-17/h5-6,8-10,12,22-25,29,31,33-34H,2-4,7,11,13-15H2,1H3,(H,30,32)/t22-,23-,24+,25?/m0/s1. The largest absolute Gasteiger partial charge is 0.390 e. The molecule has 5 N–H and O–H groups in total. The molecule has 0 aromatic heterocycles. The monoisotopic (exact) mass is 524 g/mol. The number of carbonyl (C=O) groups is 1. The van der Waals surface area contributed by atoms with Crippen molar-refractivity contribution in [3.8, 4) is 0 Å². The van der Waals surface area contributed by atoms with E-state index in [4.69, 9.17) is 4.74 Å². The number of benzene rings is 2. The molecule has 4 atom stereocenters. The van der Waals surface area contributed by atoms with Crippen molar-refractivity contribution in [2.75, 3.05) is 18.9 Å². The van der Waals surface area contributed by atoms with E-state index in [-0.39, 0.29) is 30.4 Å². The Morgan fingerprint density at radius 2 is 1.92 bits per heavy atom. The van der Waals surface area contributed by atoms with Gasteiger partial charge in [0.1, 0.15) is 17.7 Å². The van der Waals surface area contributed by atoms with Crippen molar-refractivity contribution in [3.05, 3.63) is 70.3 Å². The summed E-state index contributed by atoms with van der Waals surface area (Å²) in [6.45, 7) is 2.54. The first kappa shape index (κ1) is 27.0. The number of halogens is 2. The topological polar surface area (TPSA) is 111 Å². The number of fused-ring (bicyclic) bond motifs is 1. The summed E-state index contributed by atoms with van der Waals surface area (Å²) in [6, 6.07) is 7.80. The molecule has 0 saturated carbocycles. The second-order valence-corrected chi connectivity index (χ2v) is 11.9. The van der Waals surface area contributed by atoms with Crippen LogP contribution in [0.25, 0.3) is 0 Å². The van der Waals surface area contributed by atoms with Gasteiger partial charge in [0.05, 0.1) is 29.7 Å². The van der Waals surface area contributed by atoms with Crippen molar-refractivity contribution >= 4 is 16.5 Å². The lowest BCUT2D eigenvalue weighted by Gasteiger charge is -2.42. The van der Waals surface area contributed by atoms with E-state index >= 15 is 0 Å². The van der Waals surface area contributed by atoms with Gasteiger partial charge in [0.15, 0.2) is 0 Å². The summed E-state index contributed by atoms with van der Waals surface area (Å²) in [4.78, 5) is 12.7. The summed E-state index contributed by atoms with van der Waals surface area (Å²) in [5, 5.41) is 17.1. The number of rotatable bonds is 9. The Bertz CT molecular complexity index is 1060. The molecule has 2 aromatic rings. The zero-order valence-corrected chi connectivity index (χ0v) is 21.1. The molecule has 1 amide bonds. The lowest BCUT2D eigenvalue weighted by Crippen LogP contribution is -2.52. The van der Waals surface area contributed by atoms with Crippen molar-refractivity contribution in [1.29, 1.82) is 0 Å². The van der Waals surface area contributed by atoms with Gasteiger partial charge in [-0.2, -0.15) is 10.6 Å². The van der Waals surface area contributed by atoms with E-state index in [9.17, 15) is 27.8 Å². The lowest BCUT2D eigenvalue weighted by molar-refractivity contribution is -0.131. The summed E-state index contributed by atoms with van der Waals surface area (Å²) in [5.74, 6) is -1.55. The molecule has 4 rings (SSSR count). The average molecular weight is 525 g/mol. The molecule has 36 heavy (non-hydrogen) atoms. The van der Waals surface area contributed by atoms with Crippen LogP contribution < -0.4 is 10.6 Å². The van der Waals surface area contributed by atoms with Gasteiger partial charge in [0, 0.05) is 19.2 Å². The third kappa shape index (κ3) is 6.81. The van der Waals surface area contributed by atoms with Crippen molar-refractivity contribution < 1.29 is 32.5 Å². The predicted octanol–water partition coefficient (Wildman–Crippen LogP) is 3.69. The van der Waals surface area contributed by atoms with E-state index in [0.717, 1.165) is 35.6 Å². The number of aryl methyl sites for hydroxylation is 1. The van der Waals surface area contributed by atoms with E-state index in [1.807, 2.05) is 25.1 Å². The Morgan fingerprint density at radius 1 is 1.17 bits per heavy atom. The Morgan fingerprint density at radius 3 is 2.58 bits per heavy atom. The molecular formula is C26H34F2N2O5S. The molecular weight excluding hydrogens is 490 g/mol. The molecule has 10 heteroatoms. The number of hydrogen-bond acceptors (Lipinski definition) is 6. The number of hydrogen-bond donors (Lipinski definition) is 5. The molecule has 2 aromatic carbocycles. The fourth-order valence-corrected chi connectivity index (χ4v) is 6.60. The molecule has 2 heterocycles. The Balaban J connectivity index is 1.50. The highest BCUT2D eigenvalue weighted by Crippen LogP contribution is 2.50. The highest BCUT2D eigenvalue weighted by atomic mass is 32.3. The van der Waals surface area contributed by atoms with Crippen LogP contribution in [0.1, 0.15) is 48.1 Å². The summed E-state index contributed by atoms with van der Waals surface area (Å²) in [7, 11) is -2.83. The van der Waals surface area contributed by atoms with Crippen LogP contribution in [0.2, 0.25) is 0 Å². The van der Waals surface area contributed by atoms with Gasteiger partial charge in [0.2, 0.25) is 5.91 Å². The molecule has 2 aliphatic heterocycles. The van der Waals surface area contributed by atoms with Crippen molar-refractivity contribution in [2.24, 2.45) is 0 Å². The van der Waals surface area contributed by atoms with Gasteiger partial charge in [-0.3, -0.25) is 13.9 Å². The van der Waals surface area contributed by atoms with E-state index in [1.54, 1.807) is 0 Å². The molecule has 1 saturated heterocycles. The van der Waals surface area contributed by atoms with Crippen LogP contribution in [0.5, 0.6) is 0 Å². The second kappa shape index (κ2) is 11.5. The second-order valence-electron chi connectivity index (χ2n) is 9.63. The van der Waals surface area contributed by atoms with Gasteiger partial charge in [-0.15, -0.1) is 0 Å². The minimum Gasteiger partial charge on any atom is -0.390 e. The quantitative estimate of drug-likeness (QED) is 0.342.